The van der Waals surface area contributed by atoms with Crippen LogP contribution in [0, 0.1) is 0 Å². The number of sulfone groups is 1. The van der Waals surface area contributed by atoms with Crippen molar-refractivity contribution in [3.05, 3.63) is 24.4 Å². The van der Waals surface area contributed by atoms with Gasteiger partial charge in [0.1, 0.15) is 16.9 Å². The van der Waals surface area contributed by atoms with Crippen LogP contribution >= 0.6 is 0 Å². The molecular formula is C8H9N3O4S. The molecule has 7 nitrogen and oxygen atoms in total. The van der Waals surface area contributed by atoms with E-state index in [1.54, 1.807) is 0 Å². The van der Waals surface area contributed by atoms with Crippen LogP contribution in [-0.2, 0) is 16.4 Å². The maximum atomic E-state index is 11.2. The van der Waals surface area contributed by atoms with E-state index in [4.69, 9.17) is 9.52 Å². The van der Waals surface area contributed by atoms with Crippen molar-refractivity contribution in [1.29, 1.82) is 0 Å². The molecule has 2 rings (SSSR count). The summed E-state index contributed by atoms with van der Waals surface area (Å²) < 4.78 is 28.6. The second-order valence-corrected chi connectivity index (χ2v) is 5.19. The van der Waals surface area contributed by atoms with Gasteiger partial charge in [-0.2, -0.15) is 14.8 Å². The predicted octanol–water partition coefficient (Wildman–Crippen LogP) is -0.244. The summed E-state index contributed by atoms with van der Waals surface area (Å²) in [6.45, 7) is -0.246. The quantitative estimate of drug-likeness (QED) is 0.798. The first-order chi connectivity index (χ1) is 7.50. The molecule has 0 amide bonds. The molecule has 8 heteroatoms. The Balaban J connectivity index is 2.39. The minimum atomic E-state index is -3.29. The lowest BCUT2D eigenvalue weighted by Crippen LogP contribution is -1.97. The van der Waals surface area contributed by atoms with Gasteiger partial charge in [0.25, 0.3) is 0 Å². The highest BCUT2D eigenvalue weighted by atomic mass is 32.2. The Bertz CT molecular complexity index is 598. The summed E-state index contributed by atoms with van der Waals surface area (Å²) in [7, 11) is -3.29. The fourth-order valence-electron chi connectivity index (χ4n) is 1.08. The van der Waals surface area contributed by atoms with Crippen LogP contribution < -0.4 is 0 Å². The summed E-state index contributed by atoms with van der Waals surface area (Å²) in [6, 6.07) is 0.110. The lowest BCUT2D eigenvalue weighted by Gasteiger charge is -1.91. The van der Waals surface area contributed by atoms with Crippen LogP contribution in [0.4, 0.5) is 0 Å². The molecule has 0 spiro atoms. The van der Waals surface area contributed by atoms with Crippen molar-refractivity contribution in [2.45, 2.75) is 11.5 Å². The zero-order chi connectivity index (χ0) is 11.8. The Hall–Kier alpha value is -1.67. The van der Waals surface area contributed by atoms with Crippen LogP contribution in [0.2, 0.25) is 0 Å². The van der Waals surface area contributed by atoms with Crippen molar-refractivity contribution in [3.8, 4) is 6.01 Å². The first-order valence-corrected chi connectivity index (χ1v) is 6.20. The smallest absolute Gasteiger partial charge is 0.323 e. The van der Waals surface area contributed by atoms with Crippen molar-refractivity contribution in [2.75, 3.05) is 6.26 Å². The van der Waals surface area contributed by atoms with Crippen LogP contribution in [0.25, 0.3) is 6.01 Å². The van der Waals surface area contributed by atoms with Crippen molar-refractivity contribution < 1.29 is 17.9 Å². The first kappa shape index (κ1) is 10.8. The third-order valence-electron chi connectivity index (χ3n) is 1.88. The number of aromatic nitrogens is 3. The molecule has 0 unspecified atom stereocenters. The summed E-state index contributed by atoms with van der Waals surface area (Å²) in [5.74, 6) is 0. The number of nitrogens with zero attached hydrogens (tertiary/aromatic N) is 3. The molecule has 0 radical (unpaired) electrons. The van der Waals surface area contributed by atoms with Crippen LogP contribution in [-0.4, -0.2) is 34.5 Å². The molecule has 1 N–H and O–H groups in total. The third kappa shape index (κ3) is 1.97. The highest BCUT2D eigenvalue weighted by Gasteiger charge is 2.13. The maximum Gasteiger partial charge on any atom is 0.323 e. The van der Waals surface area contributed by atoms with E-state index >= 15 is 0 Å². The van der Waals surface area contributed by atoms with E-state index in [-0.39, 0.29) is 17.5 Å². The minimum Gasteiger partial charge on any atom is -0.430 e. The van der Waals surface area contributed by atoms with E-state index in [0.717, 1.165) is 6.26 Å². The molecule has 0 aliphatic rings. The van der Waals surface area contributed by atoms with Gasteiger partial charge in [0.15, 0.2) is 9.84 Å². The van der Waals surface area contributed by atoms with Gasteiger partial charge in [-0.3, -0.25) is 0 Å². The van der Waals surface area contributed by atoms with E-state index in [1.807, 2.05) is 0 Å². The molecular weight excluding hydrogens is 234 g/mol. The number of hydrogen-bond acceptors (Lipinski definition) is 6. The summed E-state index contributed by atoms with van der Waals surface area (Å²) >= 11 is 0. The molecule has 16 heavy (non-hydrogen) atoms. The topological polar surface area (TPSA) is 98.2 Å². The van der Waals surface area contributed by atoms with Gasteiger partial charge in [0, 0.05) is 6.26 Å². The minimum absolute atomic E-state index is 0.0799. The average Bonchev–Trinajstić information content (AvgIpc) is 2.85. The van der Waals surface area contributed by atoms with Crippen molar-refractivity contribution >= 4 is 9.84 Å². The van der Waals surface area contributed by atoms with Gasteiger partial charge in [-0.15, -0.1) is 0 Å². The zero-order valence-corrected chi connectivity index (χ0v) is 9.18. The average molecular weight is 243 g/mol. The molecule has 2 aromatic rings. The highest BCUT2D eigenvalue weighted by molar-refractivity contribution is 7.90. The Morgan fingerprint density at radius 1 is 1.56 bits per heavy atom. The van der Waals surface area contributed by atoms with Gasteiger partial charge in [-0.05, 0) is 0 Å². The molecule has 2 aromatic heterocycles. The Kier molecular flexibility index (Phi) is 2.52. The molecule has 0 atom stereocenters. The Morgan fingerprint density at radius 2 is 2.31 bits per heavy atom. The van der Waals surface area contributed by atoms with Gasteiger partial charge in [-0.1, -0.05) is 0 Å². The Labute approximate surface area is 91.3 Å². The standard InChI is InChI=1S/C8H9N3O4S/c1-16(13,14)7-2-9-11(3-7)8-10-6(4-12)5-15-8/h2-3,5,12H,4H2,1H3. The highest BCUT2D eigenvalue weighted by Crippen LogP contribution is 2.11. The van der Waals surface area contributed by atoms with Gasteiger partial charge in [0.2, 0.25) is 0 Å². The van der Waals surface area contributed by atoms with Gasteiger partial charge in [0.05, 0.1) is 19.0 Å². The molecule has 2 heterocycles. The fraction of sp³-hybridized carbons (Fsp3) is 0.250. The molecule has 0 saturated carbocycles. The second-order valence-electron chi connectivity index (χ2n) is 3.17. The number of aliphatic hydroxyl groups excluding tert-OH is 1. The number of rotatable bonds is 3. The van der Waals surface area contributed by atoms with Crippen LogP contribution in [0.1, 0.15) is 5.69 Å². The molecule has 0 aliphatic heterocycles. The Morgan fingerprint density at radius 3 is 2.81 bits per heavy atom. The normalized spacial score (nSPS) is 11.9. The van der Waals surface area contributed by atoms with E-state index in [0.29, 0.717) is 5.69 Å². The van der Waals surface area contributed by atoms with Gasteiger partial charge < -0.3 is 9.52 Å². The fourth-order valence-corrected chi connectivity index (χ4v) is 1.61. The summed E-state index contributed by atoms with van der Waals surface area (Å²) in [4.78, 5) is 3.96. The van der Waals surface area contributed by atoms with E-state index in [9.17, 15) is 8.42 Å². The molecule has 86 valence electrons. The summed E-state index contributed by atoms with van der Waals surface area (Å²) in [5, 5.41) is 12.6. The monoisotopic (exact) mass is 243 g/mol. The lowest BCUT2D eigenvalue weighted by atomic mass is 10.5. The number of hydrogen-bond donors (Lipinski definition) is 1. The first-order valence-electron chi connectivity index (χ1n) is 4.31. The van der Waals surface area contributed by atoms with Crippen molar-refractivity contribution in [1.82, 2.24) is 14.8 Å². The van der Waals surface area contributed by atoms with E-state index in [2.05, 4.69) is 10.1 Å². The molecule has 0 bridgehead atoms. The predicted molar refractivity (Wildman–Crippen MR) is 52.7 cm³/mol. The summed E-state index contributed by atoms with van der Waals surface area (Å²) in [6.07, 6.45) is 4.86. The molecule has 0 aromatic carbocycles. The second kappa shape index (κ2) is 3.72. The maximum absolute atomic E-state index is 11.2. The van der Waals surface area contributed by atoms with Crippen LogP contribution in [0.5, 0.6) is 0 Å². The van der Waals surface area contributed by atoms with Crippen molar-refractivity contribution in [3.63, 3.8) is 0 Å². The zero-order valence-electron chi connectivity index (χ0n) is 8.36. The number of oxazole rings is 1. The lowest BCUT2D eigenvalue weighted by molar-refractivity contribution is 0.276. The van der Waals surface area contributed by atoms with Gasteiger partial charge in [-0.25, -0.2) is 8.42 Å². The van der Waals surface area contributed by atoms with Crippen LogP contribution in [0.3, 0.4) is 0 Å². The van der Waals surface area contributed by atoms with Crippen molar-refractivity contribution in [2.24, 2.45) is 0 Å². The molecule has 0 fully saturated rings. The molecule has 0 aliphatic carbocycles. The van der Waals surface area contributed by atoms with E-state index in [1.165, 1.54) is 23.3 Å². The summed E-state index contributed by atoms with van der Waals surface area (Å²) in [5.41, 5.74) is 0.353. The molecule has 0 saturated heterocycles. The van der Waals surface area contributed by atoms with Gasteiger partial charge >= 0.3 is 6.01 Å². The SMILES string of the molecule is CS(=O)(=O)c1cnn(-c2nc(CO)co2)c1. The largest absolute Gasteiger partial charge is 0.430 e. The number of aliphatic hydroxyl groups is 1. The van der Waals surface area contributed by atoms with E-state index < -0.39 is 9.84 Å². The van der Waals surface area contributed by atoms with Crippen LogP contribution in [0.15, 0.2) is 28.0 Å². The third-order valence-corrected chi connectivity index (χ3v) is 2.95.